The van der Waals surface area contributed by atoms with Gasteiger partial charge in [-0.3, -0.25) is 10.1 Å². The molecule has 0 aliphatic carbocycles. The minimum Gasteiger partial charge on any atom is -0.369 e. The quantitative estimate of drug-likeness (QED) is 0.647. The van der Waals surface area contributed by atoms with Gasteiger partial charge in [0.2, 0.25) is 0 Å². The number of nitrogens with zero attached hydrogens (tertiary/aromatic N) is 1. The van der Waals surface area contributed by atoms with Gasteiger partial charge in [0.15, 0.2) is 5.82 Å². The summed E-state index contributed by atoms with van der Waals surface area (Å²) in [6, 6.07) is 7.56. The van der Waals surface area contributed by atoms with Gasteiger partial charge in [-0.2, -0.15) is 0 Å². The zero-order valence-electron chi connectivity index (χ0n) is 11.2. The Labute approximate surface area is 120 Å². The molecule has 6 heteroatoms. The lowest BCUT2D eigenvalue weighted by Crippen LogP contribution is -2.17. The minimum absolute atomic E-state index is 0.0513. The van der Waals surface area contributed by atoms with Crippen molar-refractivity contribution in [2.75, 3.05) is 5.32 Å². The number of thiophene rings is 1. The van der Waals surface area contributed by atoms with Crippen molar-refractivity contribution in [1.29, 1.82) is 0 Å². The predicted molar refractivity (Wildman–Crippen MR) is 78.6 cm³/mol. The van der Waals surface area contributed by atoms with Crippen LogP contribution in [0.25, 0.3) is 0 Å². The van der Waals surface area contributed by atoms with Crippen molar-refractivity contribution >= 4 is 22.7 Å². The van der Waals surface area contributed by atoms with Crippen molar-refractivity contribution in [3.63, 3.8) is 0 Å². The molecule has 1 heterocycles. The first kappa shape index (κ1) is 14.5. The number of anilines is 1. The van der Waals surface area contributed by atoms with Gasteiger partial charge in [0.05, 0.1) is 11.0 Å². The molecule has 1 N–H and O–H groups in total. The summed E-state index contributed by atoms with van der Waals surface area (Å²) in [5, 5.41) is 15.9. The van der Waals surface area contributed by atoms with E-state index in [9.17, 15) is 14.5 Å². The Morgan fingerprint density at radius 2 is 2.05 bits per heavy atom. The first-order chi connectivity index (χ1) is 9.50. The number of para-hydroxylation sites is 1. The average molecular weight is 294 g/mol. The number of hydrogen-bond donors (Lipinski definition) is 1. The molecular formula is C14H15FN2O2S. The molecule has 0 spiro atoms. The number of nitro benzene ring substituents is 1. The Hall–Kier alpha value is -1.95. The highest BCUT2D eigenvalue weighted by atomic mass is 32.1. The smallest absolute Gasteiger partial charge is 0.295 e. The third-order valence-electron chi connectivity index (χ3n) is 3.00. The molecule has 0 fully saturated rings. The maximum absolute atomic E-state index is 13.9. The van der Waals surface area contributed by atoms with Crippen LogP contribution in [-0.2, 0) is 0 Å². The fourth-order valence-corrected chi connectivity index (χ4v) is 2.95. The van der Waals surface area contributed by atoms with E-state index in [1.54, 1.807) is 11.3 Å². The van der Waals surface area contributed by atoms with Crippen LogP contribution in [0, 0.1) is 21.8 Å². The van der Waals surface area contributed by atoms with Crippen molar-refractivity contribution in [2.24, 2.45) is 5.92 Å². The molecule has 2 rings (SSSR count). The van der Waals surface area contributed by atoms with Crippen molar-refractivity contribution in [3.8, 4) is 0 Å². The van der Waals surface area contributed by atoms with E-state index < -0.39 is 10.7 Å². The third kappa shape index (κ3) is 2.96. The summed E-state index contributed by atoms with van der Waals surface area (Å²) >= 11 is 1.54. The Balaban J connectivity index is 2.39. The molecule has 0 aliphatic rings. The van der Waals surface area contributed by atoms with Crippen molar-refractivity contribution < 1.29 is 9.31 Å². The van der Waals surface area contributed by atoms with Crippen LogP contribution < -0.4 is 5.32 Å². The van der Waals surface area contributed by atoms with Gasteiger partial charge in [-0.05, 0) is 23.4 Å². The van der Waals surface area contributed by atoms with Crippen LogP contribution >= 0.6 is 11.3 Å². The molecule has 4 nitrogen and oxygen atoms in total. The molecular weight excluding hydrogens is 279 g/mol. The number of hydrogen-bond acceptors (Lipinski definition) is 4. The van der Waals surface area contributed by atoms with E-state index in [4.69, 9.17) is 0 Å². The van der Waals surface area contributed by atoms with Crippen molar-refractivity contribution in [1.82, 2.24) is 0 Å². The summed E-state index contributed by atoms with van der Waals surface area (Å²) in [5.41, 5.74) is -0.295. The van der Waals surface area contributed by atoms with Gasteiger partial charge in [-0.1, -0.05) is 26.0 Å². The predicted octanol–water partition coefficient (Wildman–Crippen LogP) is 4.60. The molecule has 1 aromatic heterocycles. The largest absolute Gasteiger partial charge is 0.369 e. The molecule has 0 aliphatic heterocycles. The van der Waals surface area contributed by atoms with Gasteiger partial charge < -0.3 is 5.32 Å². The number of nitrogens with one attached hydrogen (secondary N) is 1. The average Bonchev–Trinajstić information content (AvgIpc) is 2.90. The van der Waals surface area contributed by atoms with E-state index in [0.717, 1.165) is 4.88 Å². The lowest BCUT2D eigenvalue weighted by Gasteiger charge is -2.22. The molecule has 0 amide bonds. The van der Waals surface area contributed by atoms with Gasteiger partial charge in [-0.25, -0.2) is 4.39 Å². The molecule has 2 aromatic rings. The summed E-state index contributed by atoms with van der Waals surface area (Å²) < 4.78 is 13.9. The minimum atomic E-state index is -0.610. The monoisotopic (exact) mass is 294 g/mol. The highest BCUT2D eigenvalue weighted by Gasteiger charge is 2.24. The topological polar surface area (TPSA) is 55.2 Å². The Morgan fingerprint density at radius 1 is 1.30 bits per heavy atom. The maximum Gasteiger partial charge on any atom is 0.295 e. The lowest BCUT2D eigenvalue weighted by atomic mass is 10.0. The van der Waals surface area contributed by atoms with Gasteiger partial charge in [0, 0.05) is 10.9 Å². The van der Waals surface area contributed by atoms with Gasteiger partial charge in [0.1, 0.15) is 5.69 Å². The van der Waals surface area contributed by atoms with Crippen LogP contribution in [0.2, 0.25) is 0 Å². The van der Waals surface area contributed by atoms with E-state index in [2.05, 4.69) is 5.32 Å². The Morgan fingerprint density at radius 3 is 2.60 bits per heavy atom. The van der Waals surface area contributed by atoms with Crippen molar-refractivity contribution in [2.45, 2.75) is 19.9 Å². The van der Waals surface area contributed by atoms with Gasteiger partial charge in [-0.15, -0.1) is 11.3 Å². The molecule has 0 saturated heterocycles. The van der Waals surface area contributed by atoms with E-state index in [1.807, 2.05) is 31.4 Å². The molecule has 20 heavy (non-hydrogen) atoms. The molecule has 0 radical (unpaired) electrons. The second-order valence-electron chi connectivity index (χ2n) is 4.77. The summed E-state index contributed by atoms with van der Waals surface area (Å²) in [7, 11) is 0. The summed E-state index contributed by atoms with van der Waals surface area (Å²) in [5.74, 6) is -0.436. The number of halogens is 1. The van der Waals surface area contributed by atoms with Crippen LogP contribution in [0.15, 0.2) is 35.7 Å². The third-order valence-corrected chi connectivity index (χ3v) is 3.96. The second kappa shape index (κ2) is 6.00. The van der Waals surface area contributed by atoms with E-state index in [1.165, 1.54) is 18.2 Å². The fourth-order valence-electron chi connectivity index (χ4n) is 2.00. The van der Waals surface area contributed by atoms with Crippen LogP contribution in [0.5, 0.6) is 0 Å². The normalized spacial score (nSPS) is 12.4. The van der Waals surface area contributed by atoms with E-state index >= 15 is 0 Å². The fraction of sp³-hybridized carbons (Fsp3) is 0.286. The van der Waals surface area contributed by atoms with Crippen molar-refractivity contribution in [3.05, 3.63) is 56.5 Å². The number of rotatable bonds is 5. The molecule has 0 bridgehead atoms. The van der Waals surface area contributed by atoms with Crippen LogP contribution in [0.1, 0.15) is 24.8 Å². The molecule has 1 atom stereocenters. The zero-order valence-corrected chi connectivity index (χ0v) is 12.0. The highest BCUT2D eigenvalue weighted by Crippen LogP contribution is 2.35. The number of nitro groups is 1. The molecule has 1 unspecified atom stereocenters. The maximum atomic E-state index is 13.9. The van der Waals surface area contributed by atoms with Crippen LogP contribution in [-0.4, -0.2) is 4.92 Å². The number of benzene rings is 1. The standard InChI is InChI=1S/C14H15FN2O2S/c1-9(2)13(12-7-4-8-20-12)16-14-10(15)5-3-6-11(14)17(18)19/h3-9,13,16H,1-2H3. The van der Waals surface area contributed by atoms with Crippen LogP contribution in [0.4, 0.5) is 15.8 Å². The molecule has 106 valence electrons. The Bertz CT molecular complexity index is 599. The summed E-state index contributed by atoms with van der Waals surface area (Å²) in [4.78, 5) is 11.5. The summed E-state index contributed by atoms with van der Waals surface area (Å²) in [6.07, 6.45) is 0. The van der Waals surface area contributed by atoms with Gasteiger partial charge in [0.25, 0.3) is 5.69 Å². The summed E-state index contributed by atoms with van der Waals surface area (Å²) in [6.45, 7) is 3.98. The molecule has 1 aromatic carbocycles. The molecule has 0 saturated carbocycles. The highest BCUT2D eigenvalue weighted by molar-refractivity contribution is 7.10. The zero-order chi connectivity index (χ0) is 14.7. The first-order valence-electron chi connectivity index (χ1n) is 6.23. The van der Waals surface area contributed by atoms with E-state index in [0.29, 0.717) is 0 Å². The first-order valence-corrected chi connectivity index (χ1v) is 7.11. The SMILES string of the molecule is CC(C)C(Nc1c(F)cccc1[N+](=O)[O-])c1cccs1. The van der Waals surface area contributed by atoms with Gasteiger partial charge >= 0.3 is 0 Å². The van der Waals surface area contributed by atoms with Crippen LogP contribution in [0.3, 0.4) is 0 Å². The second-order valence-corrected chi connectivity index (χ2v) is 5.75. The Kier molecular flexibility index (Phi) is 4.34. The van der Waals surface area contributed by atoms with E-state index in [-0.39, 0.29) is 23.3 Å². The lowest BCUT2D eigenvalue weighted by molar-refractivity contribution is -0.384.